The van der Waals surface area contributed by atoms with Crippen LogP contribution in [0.1, 0.15) is 31.9 Å². The Kier molecular flexibility index (Phi) is 6.82. The number of benzene rings is 2. The molecule has 1 fully saturated rings. The van der Waals surface area contributed by atoms with Crippen molar-refractivity contribution in [2.75, 3.05) is 13.1 Å². The minimum atomic E-state index is -0.952. The predicted octanol–water partition coefficient (Wildman–Crippen LogP) is -0.582. The van der Waals surface area contributed by atoms with Crippen molar-refractivity contribution in [3.05, 3.63) is 65.9 Å². The van der Waals surface area contributed by atoms with Crippen molar-refractivity contribution < 1.29 is 39.5 Å². The molecule has 0 aliphatic carbocycles. The van der Waals surface area contributed by atoms with Crippen LogP contribution in [0.3, 0.4) is 0 Å². The summed E-state index contributed by atoms with van der Waals surface area (Å²) in [6, 6.07) is 16.6. The first kappa shape index (κ1) is 22.7. The van der Waals surface area contributed by atoms with Crippen molar-refractivity contribution in [3.63, 3.8) is 0 Å². The molecule has 0 bridgehead atoms. The van der Waals surface area contributed by atoms with E-state index < -0.39 is 5.97 Å². The van der Waals surface area contributed by atoms with Gasteiger partial charge in [0, 0.05) is 37.1 Å². The van der Waals surface area contributed by atoms with Crippen molar-refractivity contribution in [2.45, 2.75) is 32.7 Å². The van der Waals surface area contributed by atoms with Crippen LogP contribution in [-0.4, -0.2) is 39.0 Å². The van der Waals surface area contributed by atoms with Gasteiger partial charge in [-0.1, -0.05) is 62.4 Å². The van der Waals surface area contributed by atoms with Crippen LogP contribution in [0.4, 0.5) is 0 Å². The van der Waals surface area contributed by atoms with Gasteiger partial charge in [-0.3, -0.25) is 4.90 Å². The van der Waals surface area contributed by atoms with Crippen molar-refractivity contribution in [1.29, 1.82) is 0 Å². The molecule has 1 aliphatic rings. The van der Waals surface area contributed by atoms with E-state index in [2.05, 4.69) is 60.2 Å². The molecular weight excluding hydrogens is 387 g/mol. The summed E-state index contributed by atoms with van der Waals surface area (Å²) in [6.07, 6.45) is 1.93. The Morgan fingerprint density at radius 1 is 1.07 bits per heavy atom. The van der Waals surface area contributed by atoms with E-state index in [-0.39, 0.29) is 40.9 Å². The van der Waals surface area contributed by atoms with Crippen molar-refractivity contribution in [2.24, 2.45) is 5.92 Å². The number of aromatic nitrogens is 3. The number of carbonyl (C=O) groups excluding carboxylic acids is 1. The van der Waals surface area contributed by atoms with Gasteiger partial charge >= 0.3 is 29.6 Å². The fourth-order valence-electron chi connectivity index (χ4n) is 3.52. The zero-order valence-corrected chi connectivity index (χ0v) is 20.0. The van der Waals surface area contributed by atoms with Crippen LogP contribution in [0.15, 0.2) is 54.7 Å². The Balaban J connectivity index is 0.00000256. The fraction of sp³-hybridized carbons (Fsp3) is 0.348. The average molecular weight is 412 g/mol. The van der Waals surface area contributed by atoms with E-state index in [4.69, 9.17) is 0 Å². The molecule has 2 aromatic carbocycles. The second-order valence-corrected chi connectivity index (χ2v) is 8.75. The van der Waals surface area contributed by atoms with Crippen molar-refractivity contribution in [1.82, 2.24) is 19.9 Å². The number of carboxylic acids is 1. The molecule has 1 aliphatic heterocycles. The molecule has 0 N–H and O–H groups in total. The van der Waals surface area contributed by atoms with Gasteiger partial charge in [-0.05, 0) is 28.7 Å². The first-order chi connectivity index (χ1) is 13.8. The molecule has 0 spiro atoms. The minimum Gasteiger partial charge on any atom is -0.550 e. The monoisotopic (exact) mass is 412 g/mol. The molecule has 4 rings (SSSR count). The summed E-state index contributed by atoms with van der Waals surface area (Å²) in [7, 11) is 0. The summed E-state index contributed by atoms with van der Waals surface area (Å²) in [6.45, 7) is 8.46. The Bertz CT molecular complexity index is 1000. The zero-order chi connectivity index (χ0) is 20.6. The van der Waals surface area contributed by atoms with Crippen LogP contribution >= 0.6 is 0 Å². The number of carboxylic acid groups (broad SMARTS) is 1. The Hall–Kier alpha value is -1.99. The standard InChI is InChI=1S/C23H26N4O2.Na/c1-23(2,3)19-8-6-17(7-9-19)21-15-27(25-24-21)20-10-4-16(5-11-20)12-26-13-18(14-26)22(28)29;/h4-11,15,18H,12-14H2,1-3H3,(H,28,29);/q;+1/p-1. The average Bonchev–Trinajstić information content (AvgIpc) is 3.14. The van der Waals surface area contributed by atoms with Gasteiger partial charge < -0.3 is 9.90 Å². The van der Waals surface area contributed by atoms with Gasteiger partial charge in [-0.15, -0.1) is 5.10 Å². The zero-order valence-electron chi connectivity index (χ0n) is 18.0. The molecule has 0 radical (unpaired) electrons. The second kappa shape index (κ2) is 9.02. The first-order valence-electron chi connectivity index (χ1n) is 9.85. The number of aliphatic carboxylic acids is 1. The molecule has 1 saturated heterocycles. The molecule has 6 nitrogen and oxygen atoms in total. The molecule has 0 atom stereocenters. The van der Waals surface area contributed by atoms with Crippen molar-refractivity contribution in [3.8, 4) is 16.9 Å². The van der Waals surface area contributed by atoms with E-state index >= 15 is 0 Å². The van der Waals surface area contributed by atoms with Gasteiger partial charge in [0.2, 0.25) is 0 Å². The molecular formula is C23H25N4NaO2. The van der Waals surface area contributed by atoms with E-state index in [1.807, 2.05) is 30.5 Å². The van der Waals surface area contributed by atoms with Crippen LogP contribution in [0, 0.1) is 5.92 Å². The van der Waals surface area contributed by atoms with Crippen LogP contribution in [-0.2, 0) is 16.8 Å². The van der Waals surface area contributed by atoms with Gasteiger partial charge in [-0.2, -0.15) is 0 Å². The van der Waals surface area contributed by atoms with E-state index in [0.717, 1.165) is 29.1 Å². The third-order valence-corrected chi connectivity index (χ3v) is 5.44. The number of carbonyl (C=O) groups is 1. The van der Waals surface area contributed by atoms with Crippen LogP contribution < -0.4 is 34.7 Å². The molecule has 1 aromatic heterocycles. The van der Waals surface area contributed by atoms with E-state index in [1.165, 1.54) is 5.56 Å². The molecule has 0 unspecified atom stereocenters. The summed E-state index contributed by atoms with van der Waals surface area (Å²) in [5.74, 6) is -1.29. The normalized spacial score (nSPS) is 14.8. The maximum atomic E-state index is 10.8. The minimum absolute atomic E-state index is 0. The molecule has 0 amide bonds. The summed E-state index contributed by atoms with van der Waals surface area (Å²) in [4.78, 5) is 12.9. The summed E-state index contributed by atoms with van der Waals surface area (Å²) in [5.41, 5.74) is 5.37. The number of rotatable bonds is 5. The SMILES string of the molecule is CC(C)(C)c1ccc(-c2cn(-c3ccc(CN4CC(C(=O)[O-])C4)cc3)nn2)cc1.[Na+]. The Morgan fingerprint density at radius 3 is 2.27 bits per heavy atom. The quantitative estimate of drug-likeness (QED) is 0.524. The number of nitrogens with zero attached hydrogens (tertiary/aromatic N) is 4. The Morgan fingerprint density at radius 2 is 1.70 bits per heavy atom. The second-order valence-electron chi connectivity index (χ2n) is 8.75. The molecule has 150 valence electrons. The largest absolute Gasteiger partial charge is 1.00 e. The number of likely N-dealkylation sites (tertiary alicyclic amines) is 1. The third-order valence-electron chi connectivity index (χ3n) is 5.44. The predicted molar refractivity (Wildman–Crippen MR) is 109 cm³/mol. The number of hydrogen-bond acceptors (Lipinski definition) is 5. The summed E-state index contributed by atoms with van der Waals surface area (Å²) < 4.78 is 1.77. The maximum Gasteiger partial charge on any atom is 1.00 e. The molecule has 30 heavy (non-hydrogen) atoms. The summed E-state index contributed by atoms with van der Waals surface area (Å²) >= 11 is 0. The van der Waals surface area contributed by atoms with E-state index in [1.54, 1.807) is 4.68 Å². The van der Waals surface area contributed by atoms with E-state index in [0.29, 0.717) is 13.1 Å². The molecule has 2 heterocycles. The number of hydrogen-bond donors (Lipinski definition) is 0. The molecule has 3 aromatic rings. The van der Waals surface area contributed by atoms with Crippen LogP contribution in [0.2, 0.25) is 0 Å². The molecule has 0 saturated carbocycles. The van der Waals surface area contributed by atoms with E-state index in [9.17, 15) is 9.90 Å². The van der Waals surface area contributed by atoms with Gasteiger partial charge in [0.25, 0.3) is 0 Å². The van der Waals surface area contributed by atoms with Crippen LogP contribution in [0.25, 0.3) is 16.9 Å². The fourth-order valence-corrected chi connectivity index (χ4v) is 3.52. The topological polar surface area (TPSA) is 74.1 Å². The smallest absolute Gasteiger partial charge is 0.550 e. The third kappa shape index (κ3) is 5.01. The van der Waals surface area contributed by atoms with Gasteiger partial charge in [0.1, 0.15) is 5.69 Å². The van der Waals surface area contributed by atoms with Crippen molar-refractivity contribution >= 4 is 5.97 Å². The Labute approximate surface area is 199 Å². The molecule has 7 heteroatoms. The summed E-state index contributed by atoms with van der Waals surface area (Å²) in [5, 5.41) is 19.4. The van der Waals surface area contributed by atoms with Gasteiger partial charge in [0.15, 0.2) is 0 Å². The van der Waals surface area contributed by atoms with Gasteiger partial charge in [0.05, 0.1) is 11.9 Å². The van der Waals surface area contributed by atoms with Crippen LogP contribution in [0.5, 0.6) is 0 Å². The van der Waals surface area contributed by atoms with Gasteiger partial charge in [-0.25, -0.2) is 4.68 Å². The first-order valence-corrected chi connectivity index (χ1v) is 9.85. The maximum absolute atomic E-state index is 10.8.